The van der Waals surface area contributed by atoms with E-state index in [0.717, 1.165) is 5.56 Å². The van der Waals surface area contributed by atoms with E-state index >= 15 is 0 Å². The molecule has 0 saturated carbocycles. The van der Waals surface area contributed by atoms with Gasteiger partial charge in [-0.1, -0.05) is 24.3 Å². The minimum Gasteiger partial charge on any atom is -0.462 e. The van der Waals surface area contributed by atoms with Gasteiger partial charge in [0.15, 0.2) is 5.75 Å². The number of esters is 1. The predicted octanol–water partition coefficient (Wildman–Crippen LogP) is 3.53. The molecule has 0 atom stereocenters. The fourth-order valence-electron chi connectivity index (χ4n) is 2.24. The van der Waals surface area contributed by atoms with Gasteiger partial charge < -0.3 is 8.92 Å². The lowest BCUT2D eigenvalue weighted by molar-refractivity contribution is 0.0500. The quantitative estimate of drug-likeness (QED) is 0.419. The summed E-state index contributed by atoms with van der Waals surface area (Å²) >= 11 is 0. The van der Waals surface area contributed by atoms with Crippen LogP contribution in [-0.2, 0) is 14.9 Å². The molecule has 0 saturated heterocycles. The first kappa shape index (κ1) is 19.5. The summed E-state index contributed by atoms with van der Waals surface area (Å²) in [6, 6.07) is 13.0. The lowest BCUT2D eigenvalue weighted by Gasteiger charge is -2.13. The molecule has 2 aromatic carbocycles. The first-order valence-electron chi connectivity index (χ1n) is 8.00. The zero-order valence-electron chi connectivity index (χ0n) is 14.6. The van der Waals surface area contributed by atoms with Crippen molar-refractivity contribution in [2.24, 2.45) is 0 Å². The van der Waals surface area contributed by atoms with E-state index < -0.39 is 16.1 Å². The SMILES string of the molecule is Cc1ccc(C)c(S(=O)(=O)Oc2ccccc2C(=O)OCCCC#N)c1. The van der Waals surface area contributed by atoms with E-state index in [9.17, 15) is 13.2 Å². The van der Waals surface area contributed by atoms with Gasteiger partial charge in [0.05, 0.1) is 12.7 Å². The van der Waals surface area contributed by atoms with Crippen molar-refractivity contribution >= 4 is 16.1 Å². The Kier molecular flexibility index (Phi) is 6.36. The Morgan fingerprint density at radius 3 is 2.62 bits per heavy atom. The van der Waals surface area contributed by atoms with Crippen LogP contribution in [0.4, 0.5) is 0 Å². The number of hydrogen-bond acceptors (Lipinski definition) is 6. The number of nitriles is 1. The molecule has 2 aromatic rings. The normalized spacial score (nSPS) is 10.8. The Morgan fingerprint density at radius 2 is 1.88 bits per heavy atom. The molecule has 0 aliphatic rings. The highest BCUT2D eigenvalue weighted by molar-refractivity contribution is 7.87. The largest absolute Gasteiger partial charge is 0.462 e. The van der Waals surface area contributed by atoms with Gasteiger partial charge in [0, 0.05) is 6.42 Å². The summed E-state index contributed by atoms with van der Waals surface area (Å²) in [7, 11) is -4.10. The molecule has 0 unspecified atom stereocenters. The number of benzene rings is 2. The molecule has 0 aromatic heterocycles. The monoisotopic (exact) mass is 373 g/mol. The standard InChI is InChI=1S/C19H19NO5S/c1-14-9-10-15(2)18(13-14)26(22,23)25-17-8-4-3-7-16(17)19(21)24-12-6-5-11-20/h3-4,7-10,13H,5-6,12H2,1-2H3. The highest BCUT2D eigenvalue weighted by atomic mass is 32.2. The molecule has 0 amide bonds. The van der Waals surface area contributed by atoms with Crippen molar-refractivity contribution in [3.8, 4) is 11.8 Å². The molecule has 136 valence electrons. The first-order valence-corrected chi connectivity index (χ1v) is 9.41. The third-order valence-corrected chi connectivity index (χ3v) is 4.96. The van der Waals surface area contributed by atoms with Crippen LogP contribution in [0.5, 0.6) is 5.75 Å². The van der Waals surface area contributed by atoms with Gasteiger partial charge >= 0.3 is 16.1 Å². The third kappa shape index (κ3) is 4.83. The average Bonchev–Trinajstić information content (AvgIpc) is 2.60. The number of carbonyl (C=O) groups excluding carboxylic acids is 1. The van der Waals surface area contributed by atoms with Crippen molar-refractivity contribution in [3.63, 3.8) is 0 Å². The van der Waals surface area contributed by atoms with Crippen molar-refractivity contribution in [2.75, 3.05) is 6.61 Å². The second kappa shape index (κ2) is 8.50. The van der Waals surface area contributed by atoms with Crippen LogP contribution in [0.25, 0.3) is 0 Å². The van der Waals surface area contributed by atoms with Crippen LogP contribution < -0.4 is 4.18 Å². The van der Waals surface area contributed by atoms with E-state index in [4.69, 9.17) is 14.2 Å². The van der Waals surface area contributed by atoms with Gasteiger partial charge in [-0.25, -0.2) is 4.79 Å². The number of ether oxygens (including phenoxy) is 1. The highest BCUT2D eigenvalue weighted by Gasteiger charge is 2.23. The maximum Gasteiger partial charge on any atom is 0.341 e. The van der Waals surface area contributed by atoms with E-state index in [1.807, 2.05) is 6.07 Å². The van der Waals surface area contributed by atoms with Crippen LogP contribution >= 0.6 is 0 Å². The van der Waals surface area contributed by atoms with Gasteiger partial charge in [-0.15, -0.1) is 0 Å². The van der Waals surface area contributed by atoms with Gasteiger partial charge in [0.1, 0.15) is 10.5 Å². The van der Waals surface area contributed by atoms with E-state index in [0.29, 0.717) is 12.0 Å². The Hall–Kier alpha value is -2.85. The zero-order chi connectivity index (χ0) is 19.2. The Balaban J connectivity index is 2.26. The number of para-hydroxylation sites is 1. The summed E-state index contributed by atoms with van der Waals surface area (Å²) in [5.74, 6) is -0.798. The molecule has 0 N–H and O–H groups in total. The van der Waals surface area contributed by atoms with Crippen LogP contribution in [0.3, 0.4) is 0 Å². The fourth-order valence-corrected chi connectivity index (χ4v) is 3.51. The number of nitrogens with zero attached hydrogens (tertiary/aromatic N) is 1. The van der Waals surface area contributed by atoms with E-state index in [1.165, 1.54) is 18.2 Å². The highest BCUT2D eigenvalue weighted by Crippen LogP contribution is 2.26. The van der Waals surface area contributed by atoms with Crippen LogP contribution in [-0.4, -0.2) is 21.0 Å². The minimum atomic E-state index is -4.10. The van der Waals surface area contributed by atoms with Crippen molar-refractivity contribution in [1.82, 2.24) is 0 Å². The summed E-state index contributed by atoms with van der Waals surface area (Å²) in [6.45, 7) is 3.53. The van der Waals surface area contributed by atoms with E-state index in [2.05, 4.69) is 0 Å². The Morgan fingerprint density at radius 1 is 1.15 bits per heavy atom. The molecule has 6 nitrogen and oxygen atoms in total. The van der Waals surface area contributed by atoms with Crippen LogP contribution in [0.15, 0.2) is 47.4 Å². The third-order valence-electron chi connectivity index (χ3n) is 3.59. The topological polar surface area (TPSA) is 93.5 Å². The smallest absolute Gasteiger partial charge is 0.341 e. The Bertz CT molecular complexity index is 945. The van der Waals surface area contributed by atoms with Gasteiger partial charge in [-0.05, 0) is 49.6 Å². The number of unbranched alkanes of at least 4 members (excludes halogenated alkanes) is 1. The predicted molar refractivity (Wildman–Crippen MR) is 95.3 cm³/mol. The molecule has 0 aliphatic carbocycles. The molecular weight excluding hydrogens is 354 g/mol. The van der Waals surface area contributed by atoms with Crippen molar-refractivity contribution in [1.29, 1.82) is 5.26 Å². The van der Waals surface area contributed by atoms with Crippen molar-refractivity contribution < 1.29 is 22.1 Å². The van der Waals surface area contributed by atoms with Crippen LogP contribution in [0.1, 0.15) is 34.3 Å². The molecule has 0 bridgehead atoms. The number of hydrogen-bond donors (Lipinski definition) is 0. The van der Waals surface area contributed by atoms with Gasteiger partial charge in [0.25, 0.3) is 0 Å². The zero-order valence-corrected chi connectivity index (χ0v) is 15.4. The van der Waals surface area contributed by atoms with E-state index in [-0.39, 0.29) is 29.2 Å². The molecule has 2 rings (SSSR count). The fraction of sp³-hybridized carbons (Fsp3) is 0.263. The maximum atomic E-state index is 12.6. The maximum absolute atomic E-state index is 12.6. The van der Waals surface area contributed by atoms with Gasteiger partial charge in [-0.2, -0.15) is 13.7 Å². The molecular formula is C19H19NO5S. The first-order chi connectivity index (χ1) is 12.3. The molecule has 26 heavy (non-hydrogen) atoms. The number of carbonyl (C=O) groups is 1. The lowest BCUT2D eigenvalue weighted by atomic mass is 10.2. The molecule has 0 radical (unpaired) electrons. The summed E-state index contributed by atoms with van der Waals surface area (Å²) < 4.78 is 35.6. The summed E-state index contributed by atoms with van der Waals surface area (Å²) in [6.07, 6.45) is 0.679. The second-order valence-corrected chi connectivity index (χ2v) is 7.21. The Labute approximate surface area is 153 Å². The van der Waals surface area contributed by atoms with Crippen molar-refractivity contribution in [3.05, 3.63) is 59.2 Å². The van der Waals surface area contributed by atoms with Crippen molar-refractivity contribution in [2.45, 2.75) is 31.6 Å². The summed E-state index contributed by atoms with van der Waals surface area (Å²) in [5, 5.41) is 8.49. The molecule has 7 heteroatoms. The summed E-state index contributed by atoms with van der Waals surface area (Å²) in [5.41, 5.74) is 1.34. The van der Waals surface area contributed by atoms with Gasteiger partial charge in [0.2, 0.25) is 0 Å². The lowest BCUT2D eigenvalue weighted by Crippen LogP contribution is -2.15. The number of rotatable bonds is 7. The van der Waals surface area contributed by atoms with Gasteiger partial charge in [-0.3, -0.25) is 0 Å². The molecule has 0 heterocycles. The second-order valence-electron chi connectivity index (χ2n) is 5.70. The summed E-state index contributed by atoms with van der Waals surface area (Å²) in [4.78, 5) is 12.2. The molecule has 0 aliphatic heterocycles. The van der Waals surface area contributed by atoms with Crippen LogP contribution in [0.2, 0.25) is 0 Å². The average molecular weight is 373 g/mol. The van der Waals surface area contributed by atoms with E-state index in [1.54, 1.807) is 38.1 Å². The molecule has 0 fully saturated rings. The van der Waals surface area contributed by atoms with Crippen LogP contribution in [0, 0.1) is 25.2 Å². The minimum absolute atomic E-state index is 0.0124. The number of aryl methyl sites for hydroxylation is 2. The molecule has 0 spiro atoms.